The number of hydrogen-bond donors (Lipinski definition) is 2. The highest BCUT2D eigenvalue weighted by Gasteiger charge is 2.24. The molecule has 1 aliphatic heterocycles. The highest BCUT2D eigenvalue weighted by molar-refractivity contribution is 5.96. The molecule has 0 bridgehead atoms. The van der Waals surface area contributed by atoms with Crippen molar-refractivity contribution in [3.8, 4) is 17.0 Å². The van der Waals surface area contributed by atoms with Crippen LogP contribution in [-0.4, -0.2) is 42.3 Å². The quantitative estimate of drug-likeness (QED) is 0.671. The first-order chi connectivity index (χ1) is 14.5. The third kappa shape index (κ3) is 4.30. The molecule has 2 heterocycles. The van der Waals surface area contributed by atoms with E-state index in [9.17, 15) is 9.18 Å². The van der Waals surface area contributed by atoms with Gasteiger partial charge in [0.05, 0.1) is 12.8 Å². The number of piperidine rings is 1. The topological polar surface area (TPSA) is 70.2 Å². The average molecular weight is 408 g/mol. The normalized spacial score (nSPS) is 16.4. The fraction of sp³-hybridized carbons (Fsp3) is 0.304. The molecular formula is C23H25FN4O2. The van der Waals surface area contributed by atoms with Crippen molar-refractivity contribution in [2.24, 2.45) is 0 Å². The molecular weight excluding hydrogens is 383 g/mol. The van der Waals surface area contributed by atoms with Crippen LogP contribution in [0, 0.1) is 12.7 Å². The smallest absolute Gasteiger partial charge is 0.251 e. The maximum Gasteiger partial charge on any atom is 0.251 e. The molecule has 1 saturated heterocycles. The van der Waals surface area contributed by atoms with Crippen molar-refractivity contribution in [2.75, 3.05) is 25.1 Å². The van der Waals surface area contributed by atoms with Crippen LogP contribution >= 0.6 is 0 Å². The van der Waals surface area contributed by atoms with Gasteiger partial charge in [0.2, 0.25) is 0 Å². The van der Waals surface area contributed by atoms with Crippen LogP contribution in [0.25, 0.3) is 11.3 Å². The summed E-state index contributed by atoms with van der Waals surface area (Å²) in [4.78, 5) is 14.9. The van der Waals surface area contributed by atoms with E-state index < -0.39 is 0 Å². The molecule has 3 aromatic rings. The average Bonchev–Trinajstić information content (AvgIpc) is 3.24. The Morgan fingerprint density at radius 1 is 1.23 bits per heavy atom. The molecule has 1 atom stereocenters. The van der Waals surface area contributed by atoms with E-state index in [0.717, 1.165) is 47.8 Å². The second-order valence-electron chi connectivity index (χ2n) is 7.59. The van der Waals surface area contributed by atoms with Gasteiger partial charge in [-0.15, -0.1) is 0 Å². The van der Waals surface area contributed by atoms with E-state index in [1.54, 1.807) is 31.4 Å². The molecule has 6 nitrogen and oxygen atoms in total. The summed E-state index contributed by atoms with van der Waals surface area (Å²) in [6.45, 7) is 3.47. The number of rotatable bonds is 5. The molecule has 0 saturated carbocycles. The summed E-state index contributed by atoms with van der Waals surface area (Å²) in [6.07, 6.45) is 1.89. The van der Waals surface area contributed by atoms with E-state index in [2.05, 4.69) is 20.4 Å². The molecule has 1 aromatic heterocycles. The first kappa shape index (κ1) is 19.9. The number of ether oxygens (including phenoxy) is 1. The summed E-state index contributed by atoms with van der Waals surface area (Å²) < 4.78 is 18.4. The predicted molar refractivity (Wildman–Crippen MR) is 114 cm³/mol. The molecule has 0 aliphatic carbocycles. The number of aryl methyl sites for hydroxylation is 1. The van der Waals surface area contributed by atoms with Gasteiger partial charge >= 0.3 is 0 Å². The van der Waals surface area contributed by atoms with Crippen LogP contribution < -0.4 is 15.0 Å². The number of hydrogen-bond acceptors (Lipinski definition) is 4. The van der Waals surface area contributed by atoms with Crippen molar-refractivity contribution < 1.29 is 13.9 Å². The summed E-state index contributed by atoms with van der Waals surface area (Å²) in [5.41, 5.74) is 3.26. The molecule has 0 radical (unpaired) electrons. The maximum atomic E-state index is 13.2. The van der Waals surface area contributed by atoms with Gasteiger partial charge in [0.25, 0.3) is 5.91 Å². The largest absolute Gasteiger partial charge is 0.497 e. The van der Waals surface area contributed by atoms with Crippen LogP contribution in [0.1, 0.15) is 28.8 Å². The van der Waals surface area contributed by atoms with Gasteiger partial charge in [0.1, 0.15) is 11.6 Å². The van der Waals surface area contributed by atoms with Crippen molar-refractivity contribution in [1.29, 1.82) is 0 Å². The SMILES string of the molecule is COc1ccc(C(=O)NC2CCCN(c3cc(-c4ccc(F)cc4)[nH]n3)C2)c(C)c1. The third-order valence-electron chi connectivity index (χ3n) is 5.48. The van der Waals surface area contributed by atoms with Crippen LogP contribution in [0.4, 0.5) is 10.2 Å². The minimum atomic E-state index is -0.264. The Labute approximate surface area is 175 Å². The summed E-state index contributed by atoms with van der Waals surface area (Å²) in [6, 6.07) is 13.8. The second kappa shape index (κ2) is 8.57. The van der Waals surface area contributed by atoms with Crippen LogP contribution in [0.2, 0.25) is 0 Å². The molecule has 2 aromatic carbocycles. The van der Waals surface area contributed by atoms with Crippen LogP contribution in [0.15, 0.2) is 48.5 Å². The number of nitrogens with one attached hydrogen (secondary N) is 2. The van der Waals surface area contributed by atoms with Crippen LogP contribution in [0.5, 0.6) is 5.75 Å². The lowest BCUT2D eigenvalue weighted by Crippen LogP contribution is -2.48. The van der Waals surface area contributed by atoms with Crippen molar-refractivity contribution in [1.82, 2.24) is 15.5 Å². The summed E-state index contributed by atoms with van der Waals surface area (Å²) in [5, 5.41) is 10.6. The van der Waals surface area contributed by atoms with Crippen LogP contribution in [-0.2, 0) is 0 Å². The zero-order valence-corrected chi connectivity index (χ0v) is 17.1. The molecule has 1 unspecified atom stereocenters. The third-order valence-corrected chi connectivity index (χ3v) is 5.48. The van der Waals surface area contributed by atoms with Crippen molar-refractivity contribution in [2.45, 2.75) is 25.8 Å². The first-order valence-electron chi connectivity index (χ1n) is 10.1. The minimum absolute atomic E-state index is 0.0405. The van der Waals surface area contributed by atoms with E-state index in [0.29, 0.717) is 12.1 Å². The molecule has 156 valence electrons. The van der Waals surface area contributed by atoms with Crippen molar-refractivity contribution >= 4 is 11.7 Å². The van der Waals surface area contributed by atoms with Gasteiger partial charge in [0, 0.05) is 30.8 Å². The number of carbonyl (C=O) groups is 1. The first-order valence-corrected chi connectivity index (χ1v) is 10.1. The van der Waals surface area contributed by atoms with Crippen LogP contribution in [0.3, 0.4) is 0 Å². The van der Waals surface area contributed by atoms with Gasteiger partial charge in [0.15, 0.2) is 5.82 Å². The number of nitrogens with zero attached hydrogens (tertiary/aromatic N) is 2. The van der Waals surface area contributed by atoms with E-state index in [1.807, 2.05) is 19.1 Å². The van der Waals surface area contributed by atoms with Gasteiger partial charge < -0.3 is 15.0 Å². The lowest BCUT2D eigenvalue weighted by molar-refractivity contribution is 0.0932. The maximum absolute atomic E-state index is 13.2. The summed E-state index contributed by atoms with van der Waals surface area (Å²) in [5.74, 6) is 1.23. The fourth-order valence-corrected chi connectivity index (χ4v) is 3.83. The molecule has 7 heteroatoms. The number of aromatic nitrogens is 2. The number of amides is 1. The van der Waals surface area contributed by atoms with E-state index in [1.165, 1.54) is 12.1 Å². The molecule has 2 N–H and O–H groups in total. The molecule has 1 amide bonds. The number of carbonyl (C=O) groups excluding carboxylic acids is 1. The molecule has 4 rings (SSSR count). The number of anilines is 1. The predicted octanol–water partition coefficient (Wildman–Crippen LogP) is 3.93. The van der Waals surface area contributed by atoms with Gasteiger partial charge in [-0.25, -0.2) is 4.39 Å². The molecule has 1 fully saturated rings. The summed E-state index contributed by atoms with van der Waals surface area (Å²) in [7, 11) is 1.61. The zero-order chi connectivity index (χ0) is 21.1. The van der Waals surface area contributed by atoms with Gasteiger partial charge in [-0.2, -0.15) is 5.10 Å². The highest BCUT2D eigenvalue weighted by Crippen LogP contribution is 2.25. The fourth-order valence-electron chi connectivity index (χ4n) is 3.83. The Hall–Kier alpha value is -3.35. The Kier molecular flexibility index (Phi) is 5.70. The van der Waals surface area contributed by atoms with Gasteiger partial charge in [-0.1, -0.05) is 0 Å². The Bertz CT molecular complexity index is 1030. The van der Waals surface area contributed by atoms with Crippen molar-refractivity contribution in [3.63, 3.8) is 0 Å². The standard InChI is InChI=1S/C23H25FN4O2/c1-15-12-19(30-2)9-10-20(15)23(29)25-18-4-3-11-28(14-18)22-13-21(26-27-22)16-5-7-17(24)8-6-16/h5-10,12-13,18H,3-4,11,14H2,1-2H3,(H,25,29)(H,26,27). The number of H-pyrrole nitrogens is 1. The molecule has 0 spiro atoms. The van der Waals surface area contributed by atoms with E-state index in [-0.39, 0.29) is 17.8 Å². The minimum Gasteiger partial charge on any atom is -0.497 e. The van der Waals surface area contributed by atoms with Gasteiger partial charge in [-0.3, -0.25) is 9.89 Å². The number of aromatic amines is 1. The van der Waals surface area contributed by atoms with E-state index >= 15 is 0 Å². The Morgan fingerprint density at radius 3 is 2.77 bits per heavy atom. The van der Waals surface area contributed by atoms with E-state index in [4.69, 9.17) is 4.74 Å². The molecule has 1 aliphatic rings. The second-order valence-corrected chi connectivity index (χ2v) is 7.59. The Morgan fingerprint density at radius 2 is 2.03 bits per heavy atom. The molecule has 30 heavy (non-hydrogen) atoms. The summed E-state index contributed by atoms with van der Waals surface area (Å²) >= 11 is 0. The Balaban J connectivity index is 1.42. The zero-order valence-electron chi connectivity index (χ0n) is 17.1. The number of benzene rings is 2. The lowest BCUT2D eigenvalue weighted by atomic mass is 10.0. The van der Waals surface area contributed by atoms with Crippen molar-refractivity contribution in [3.05, 3.63) is 65.5 Å². The number of halogens is 1. The monoisotopic (exact) mass is 408 g/mol. The van der Waals surface area contributed by atoms with Gasteiger partial charge in [-0.05, 0) is 73.4 Å². The highest BCUT2D eigenvalue weighted by atomic mass is 19.1. The number of methoxy groups -OCH3 is 1. The lowest BCUT2D eigenvalue weighted by Gasteiger charge is -2.33.